The minimum Gasteiger partial charge on any atom is -0.495 e. The van der Waals surface area contributed by atoms with Gasteiger partial charge in [-0.25, -0.2) is 0 Å². The maximum atomic E-state index is 13.0. The number of para-hydroxylation sites is 1. The Balaban J connectivity index is 2.23. The van der Waals surface area contributed by atoms with E-state index in [1.165, 1.54) is 19.3 Å². The highest BCUT2D eigenvalue weighted by Crippen LogP contribution is 2.30. The molecular weight excluding hydrogens is 270 g/mol. The summed E-state index contributed by atoms with van der Waals surface area (Å²) in [6.07, 6.45) is 5.81. The first-order valence-electron chi connectivity index (χ1n) is 7.55. The lowest BCUT2D eigenvalue weighted by atomic mass is 10.1. The van der Waals surface area contributed by atoms with Crippen molar-refractivity contribution in [2.75, 3.05) is 13.7 Å². The topological polar surface area (TPSA) is 38.3 Å². The van der Waals surface area contributed by atoms with Crippen molar-refractivity contribution in [3.8, 4) is 5.75 Å². The zero-order chi connectivity index (χ0) is 14.4. The van der Waals surface area contributed by atoms with Crippen LogP contribution in [0.5, 0.6) is 5.75 Å². The minimum atomic E-state index is -1.01. The van der Waals surface area contributed by atoms with Crippen molar-refractivity contribution in [1.82, 2.24) is 5.32 Å². The SMILES string of the molecule is CCNC1CCCCCC1S(=O)c1ccccc1OC. The molecule has 1 aromatic rings. The predicted molar refractivity (Wildman–Crippen MR) is 83.7 cm³/mol. The molecule has 1 aliphatic rings. The van der Waals surface area contributed by atoms with Crippen molar-refractivity contribution in [2.24, 2.45) is 0 Å². The van der Waals surface area contributed by atoms with Gasteiger partial charge < -0.3 is 10.1 Å². The summed E-state index contributed by atoms with van der Waals surface area (Å²) in [5.74, 6) is 0.741. The highest BCUT2D eigenvalue weighted by atomic mass is 32.2. The third-order valence-corrected chi connectivity index (χ3v) is 5.86. The molecule has 112 valence electrons. The first-order chi connectivity index (χ1) is 9.77. The van der Waals surface area contributed by atoms with Crippen LogP contribution in [0.3, 0.4) is 0 Å². The lowest BCUT2D eigenvalue weighted by Gasteiger charge is -2.25. The van der Waals surface area contributed by atoms with Gasteiger partial charge in [-0.15, -0.1) is 0 Å². The van der Waals surface area contributed by atoms with E-state index in [9.17, 15) is 4.21 Å². The number of hydrogen-bond acceptors (Lipinski definition) is 3. The summed E-state index contributed by atoms with van der Waals surface area (Å²) in [7, 11) is 0.632. The molecule has 3 unspecified atom stereocenters. The van der Waals surface area contributed by atoms with E-state index in [2.05, 4.69) is 12.2 Å². The minimum absolute atomic E-state index is 0.189. The van der Waals surface area contributed by atoms with Crippen molar-refractivity contribution < 1.29 is 8.95 Å². The third-order valence-electron chi connectivity index (χ3n) is 3.98. The number of nitrogens with one attached hydrogen (secondary N) is 1. The maximum absolute atomic E-state index is 13.0. The van der Waals surface area contributed by atoms with E-state index < -0.39 is 10.8 Å². The normalized spacial score (nSPS) is 24.9. The number of benzene rings is 1. The largest absolute Gasteiger partial charge is 0.495 e. The second-order valence-electron chi connectivity index (χ2n) is 5.29. The van der Waals surface area contributed by atoms with E-state index in [-0.39, 0.29) is 5.25 Å². The summed E-state index contributed by atoms with van der Waals surface area (Å²) in [6.45, 7) is 3.05. The lowest BCUT2D eigenvalue weighted by molar-refractivity contribution is 0.403. The zero-order valence-electron chi connectivity index (χ0n) is 12.4. The summed E-state index contributed by atoms with van der Waals surface area (Å²) in [5.41, 5.74) is 0. The van der Waals surface area contributed by atoms with E-state index in [4.69, 9.17) is 4.74 Å². The van der Waals surface area contributed by atoms with Crippen molar-refractivity contribution in [3.05, 3.63) is 24.3 Å². The summed E-state index contributed by atoms with van der Waals surface area (Å²) < 4.78 is 18.4. The van der Waals surface area contributed by atoms with Crippen LogP contribution < -0.4 is 10.1 Å². The molecule has 1 aliphatic carbocycles. The molecule has 0 amide bonds. The van der Waals surface area contributed by atoms with Gasteiger partial charge in [0, 0.05) is 6.04 Å². The highest BCUT2D eigenvalue weighted by molar-refractivity contribution is 7.85. The van der Waals surface area contributed by atoms with Crippen molar-refractivity contribution in [1.29, 1.82) is 0 Å². The van der Waals surface area contributed by atoms with E-state index >= 15 is 0 Å². The fourth-order valence-electron chi connectivity index (χ4n) is 2.97. The molecule has 0 bridgehead atoms. The Morgan fingerprint density at radius 3 is 2.75 bits per heavy atom. The van der Waals surface area contributed by atoms with Gasteiger partial charge in [-0.3, -0.25) is 4.21 Å². The molecule has 1 N–H and O–H groups in total. The molecule has 0 spiro atoms. The van der Waals surface area contributed by atoms with Crippen LogP contribution in [0.4, 0.5) is 0 Å². The van der Waals surface area contributed by atoms with E-state index in [0.717, 1.165) is 30.0 Å². The molecule has 1 aromatic carbocycles. The van der Waals surface area contributed by atoms with Crippen LogP contribution in [0.25, 0.3) is 0 Å². The second kappa shape index (κ2) is 7.79. The molecule has 0 saturated heterocycles. The molecule has 3 nitrogen and oxygen atoms in total. The first kappa shape index (κ1) is 15.5. The smallest absolute Gasteiger partial charge is 0.134 e. The van der Waals surface area contributed by atoms with Crippen molar-refractivity contribution >= 4 is 10.8 Å². The summed E-state index contributed by atoms with van der Waals surface area (Å²) in [6, 6.07) is 8.05. The van der Waals surface area contributed by atoms with Gasteiger partial charge in [0.1, 0.15) is 5.75 Å². The Kier molecular flexibility index (Phi) is 6.05. The number of ether oxygens (including phenoxy) is 1. The van der Waals surface area contributed by atoms with Gasteiger partial charge in [0.25, 0.3) is 0 Å². The maximum Gasteiger partial charge on any atom is 0.134 e. The molecule has 3 atom stereocenters. The first-order valence-corrected chi connectivity index (χ1v) is 8.76. The predicted octanol–water partition coefficient (Wildman–Crippen LogP) is 3.11. The Bertz CT molecular complexity index is 450. The van der Waals surface area contributed by atoms with Crippen LogP contribution >= 0.6 is 0 Å². The van der Waals surface area contributed by atoms with E-state index in [1.807, 2.05) is 24.3 Å². The van der Waals surface area contributed by atoms with Crippen LogP contribution in [0.2, 0.25) is 0 Å². The Labute approximate surface area is 124 Å². The molecule has 0 heterocycles. The van der Waals surface area contributed by atoms with Crippen LogP contribution in [0.15, 0.2) is 29.2 Å². The zero-order valence-corrected chi connectivity index (χ0v) is 13.2. The average molecular weight is 295 g/mol. The quantitative estimate of drug-likeness (QED) is 0.848. The summed E-state index contributed by atoms with van der Waals surface area (Å²) in [5, 5.41) is 3.72. The van der Waals surface area contributed by atoms with Gasteiger partial charge in [-0.2, -0.15) is 0 Å². The van der Waals surface area contributed by atoms with Gasteiger partial charge >= 0.3 is 0 Å². The van der Waals surface area contributed by atoms with Crippen LogP contribution in [-0.2, 0) is 10.8 Å². The van der Waals surface area contributed by atoms with Gasteiger partial charge in [0.15, 0.2) is 0 Å². The number of hydrogen-bond donors (Lipinski definition) is 1. The van der Waals surface area contributed by atoms with Gasteiger partial charge in [0.05, 0.1) is 28.1 Å². The molecule has 2 rings (SSSR count). The van der Waals surface area contributed by atoms with E-state index in [0.29, 0.717) is 6.04 Å². The standard InChI is InChI=1S/C16H25NO2S/c1-3-17-13-9-5-4-6-11-15(13)20(18)16-12-8-7-10-14(16)19-2/h7-8,10,12-13,15,17H,3-6,9,11H2,1-2H3. The molecule has 20 heavy (non-hydrogen) atoms. The molecule has 4 heteroatoms. The summed E-state index contributed by atoms with van der Waals surface area (Å²) in [4.78, 5) is 0.838. The Morgan fingerprint density at radius 2 is 2.00 bits per heavy atom. The van der Waals surface area contributed by atoms with E-state index in [1.54, 1.807) is 7.11 Å². The van der Waals surface area contributed by atoms with Crippen molar-refractivity contribution in [3.63, 3.8) is 0 Å². The van der Waals surface area contributed by atoms with Crippen LogP contribution in [0, 0.1) is 0 Å². The monoisotopic (exact) mass is 295 g/mol. The Hall–Kier alpha value is -0.870. The second-order valence-corrected chi connectivity index (χ2v) is 6.93. The highest BCUT2D eigenvalue weighted by Gasteiger charge is 2.30. The molecule has 1 saturated carbocycles. The van der Waals surface area contributed by atoms with Crippen molar-refractivity contribution in [2.45, 2.75) is 55.2 Å². The van der Waals surface area contributed by atoms with Crippen LogP contribution in [0.1, 0.15) is 39.0 Å². The molecule has 0 radical (unpaired) electrons. The number of rotatable bonds is 5. The van der Waals surface area contributed by atoms with Crippen LogP contribution in [-0.4, -0.2) is 29.2 Å². The number of methoxy groups -OCH3 is 1. The molecule has 0 aromatic heterocycles. The Morgan fingerprint density at radius 1 is 1.25 bits per heavy atom. The molecule has 1 fully saturated rings. The molecule has 0 aliphatic heterocycles. The van der Waals surface area contributed by atoms with Gasteiger partial charge in [-0.1, -0.05) is 38.3 Å². The fourth-order valence-corrected chi connectivity index (χ4v) is 4.77. The average Bonchev–Trinajstić information content (AvgIpc) is 2.72. The lowest BCUT2D eigenvalue weighted by Crippen LogP contribution is -2.41. The van der Waals surface area contributed by atoms with Gasteiger partial charge in [0.2, 0.25) is 0 Å². The van der Waals surface area contributed by atoms with Gasteiger partial charge in [-0.05, 0) is 31.5 Å². The third kappa shape index (κ3) is 3.61. The molecular formula is C16H25NO2S. The fraction of sp³-hybridized carbons (Fsp3) is 0.625. The summed E-state index contributed by atoms with van der Waals surface area (Å²) >= 11 is 0.